The summed E-state index contributed by atoms with van der Waals surface area (Å²) < 4.78 is 5.31. The summed E-state index contributed by atoms with van der Waals surface area (Å²) in [5.74, 6) is 0. The van der Waals surface area contributed by atoms with Crippen LogP contribution in [0.1, 0.15) is 0 Å². The topological polar surface area (TPSA) is 42.6 Å². The molecule has 0 amide bonds. The molecule has 0 aliphatic carbocycles. The normalized spacial score (nSPS) is 8.56. The number of furan rings is 1. The first-order chi connectivity index (χ1) is 4.33. The van der Waals surface area contributed by atoms with Crippen molar-refractivity contribution in [3.05, 3.63) is 17.0 Å². The van der Waals surface area contributed by atoms with Crippen molar-refractivity contribution < 1.29 is 9.21 Å². The lowest BCUT2D eigenvalue weighted by Crippen LogP contribution is -1.48. The Bertz CT molecular complexity index is 249. The highest BCUT2D eigenvalue weighted by molar-refractivity contribution is 9.10. The number of halogens is 1. The zero-order valence-corrected chi connectivity index (χ0v) is 5.88. The fourth-order valence-corrected chi connectivity index (χ4v) is 0.740. The van der Waals surface area contributed by atoms with Gasteiger partial charge in [0.1, 0.15) is 12.0 Å². The van der Waals surface area contributed by atoms with Crippen molar-refractivity contribution in [2.24, 2.45) is 4.99 Å². The van der Waals surface area contributed by atoms with E-state index in [-0.39, 0.29) is 0 Å². The van der Waals surface area contributed by atoms with Crippen LogP contribution in [0.3, 0.4) is 0 Å². The quantitative estimate of drug-likeness (QED) is 0.499. The van der Waals surface area contributed by atoms with Crippen molar-refractivity contribution in [2.75, 3.05) is 0 Å². The van der Waals surface area contributed by atoms with Crippen molar-refractivity contribution in [2.45, 2.75) is 0 Å². The number of nitrogens with zero attached hydrogens (tertiary/aromatic N) is 1. The van der Waals surface area contributed by atoms with Gasteiger partial charge in [0.25, 0.3) is 0 Å². The van der Waals surface area contributed by atoms with Gasteiger partial charge in [-0.2, -0.15) is 4.99 Å². The van der Waals surface area contributed by atoms with E-state index in [9.17, 15) is 4.79 Å². The molecule has 1 rings (SSSR count). The highest BCUT2D eigenvalue weighted by Gasteiger charge is 1.93. The van der Waals surface area contributed by atoms with Gasteiger partial charge >= 0.3 is 0 Å². The van der Waals surface area contributed by atoms with E-state index in [1.807, 2.05) is 0 Å². The summed E-state index contributed by atoms with van der Waals surface area (Å²) in [6.45, 7) is 0. The van der Waals surface area contributed by atoms with Gasteiger partial charge in [0.05, 0.1) is 0 Å². The number of isocyanates is 1. The summed E-state index contributed by atoms with van der Waals surface area (Å²) in [5.41, 5.74) is 0.469. The fourth-order valence-electron chi connectivity index (χ4n) is 0.412. The Balaban J connectivity index is 2.97. The van der Waals surface area contributed by atoms with Gasteiger partial charge in [-0.1, -0.05) is 0 Å². The van der Waals surface area contributed by atoms with E-state index < -0.39 is 0 Å². The molecule has 0 radical (unpaired) electrons. The first-order valence-electron chi connectivity index (χ1n) is 2.15. The summed E-state index contributed by atoms with van der Waals surface area (Å²) in [4.78, 5) is 12.9. The Labute approximate surface area is 59.5 Å². The Morgan fingerprint density at radius 2 is 2.56 bits per heavy atom. The maximum Gasteiger partial charge on any atom is 0.240 e. The SMILES string of the molecule is O=C=Nc1coc(Br)c1. The van der Waals surface area contributed by atoms with E-state index in [1.165, 1.54) is 12.3 Å². The lowest BCUT2D eigenvalue weighted by molar-refractivity contribution is 0.541. The molecule has 0 saturated carbocycles. The number of rotatable bonds is 1. The molecular weight excluding hydrogens is 186 g/mol. The Kier molecular flexibility index (Phi) is 1.82. The Hall–Kier alpha value is -0.860. The number of hydrogen-bond donors (Lipinski definition) is 0. The monoisotopic (exact) mass is 187 g/mol. The molecule has 0 fully saturated rings. The maximum atomic E-state index is 9.63. The van der Waals surface area contributed by atoms with Gasteiger partial charge in [0.2, 0.25) is 6.08 Å². The molecule has 0 spiro atoms. The van der Waals surface area contributed by atoms with Crippen molar-refractivity contribution in [3.63, 3.8) is 0 Å². The van der Waals surface area contributed by atoms with Crippen molar-refractivity contribution >= 4 is 27.7 Å². The van der Waals surface area contributed by atoms with E-state index in [4.69, 9.17) is 4.42 Å². The third-order valence-corrected chi connectivity index (χ3v) is 1.14. The number of hydrogen-bond acceptors (Lipinski definition) is 3. The highest BCUT2D eigenvalue weighted by Crippen LogP contribution is 2.19. The molecule has 0 atom stereocenters. The predicted molar refractivity (Wildman–Crippen MR) is 34.2 cm³/mol. The molecule has 0 aliphatic heterocycles. The molecule has 46 valence electrons. The molecule has 0 unspecified atom stereocenters. The molecule has 0 saturated heterocycles. The van der Waals surface area contributed by atoms with Gasteiger partial charge in [-0.15, -0.1) is 0 Å². The first-order valence-corrected chi connectivity index (χ1v) is 2.94. The second-order valence-corrected chi connectivity index (χ2v) is 2.09. The van der Waals surface area contributed by atoms with Crippen LogP contribution in [0.25, 0.3) is 0 Å². The molecule has 0 aliphatic rings. The minimum atomic E-state index is 0.469. The van der Waals surface area contributed by atoms with Crippen molar-refractivity contribution in [3.8, 4) is 0 Å². The molecule has 1 heterocycles. The van der Waals surface area contributed by atoms with Crippen LogP contribution in [0.15, 0.2) is 26.4 Å². The van der Waals surface area contributed by atoms with Gasteiger partial charge in [-0.25, -0.2) is 4.79 Å². The van der Waals surface area contributed by atoms with Crippen LogP contribution in [0.4, 0.5) is 5.69 Å². The summed E-state index contributed by atoms with van der Waals surface area (Å²) in [6.07, 6.45) is 2.75. The minimum absolute atomic E-state index is 0.469. The first kappa shape index (κ1) is 6.26. The van der Waals surface area contributed by atoms with E-state index in [1.54, 1.807) is 6.07 Å². The van der Waals surface area contributed by atoms with Gasteiger partial charge in [0, 0.05) is 6.07 Å². The molecule has 0 N–H and O–H groups in total. The Morgan fingerprint density at radius 1 is 1.78 bits per heavy atom. The van der Waals surface area contributed by atoms with Crippen LogP contribution >= 0.6 is 15.9 Å². The van der Waals surface area contributed by atoms with Crippen LogP contribution < -0.4 is 0 Å². The zero-order valence-electron chi connectivity index (χ0n) is 4.30. The average molecular weight is 188 g/mol. The zero-order chi connectivity index (χ0) is 6.69. The number of aliphatic imine (C=N–C) groups is 1. The summed E-state index contributed by atoms with van der Waals surface area (Å²) in [5, 5.41) is 0. The summed E-state index contributed by atoms with van der Waals surface area (Å²) >= 11 is 3.05. The molecular formula is C5H2BrNO2. The highest BCUT2D eigenvalue weighted by atomic mass is 79.9. The molecule has 0 aromatic carbocycles. The standard InChI is InChI=1S/C5H2BrNO2/c6-5-1-4(2-9-5)7-3-8/h1-2H. The molecule has 1 aromatic rings. The molecule has 9 heavy (non-hydrogen) atoms. The Morgan fingerprint density at radius 3 is 3.00 bits per heavy atom. The van der Waals surface area contributed by atoms with E-state index in [0.717, 1.165) is 0 Å². The lowest BCUT2D eigenvalue weighted by Gasteiger charge is -1.67. The molecule has 0 bridgehead atoms. The van der Waals surface area contributed by atoms with Crippen LogP contribution in [0, 0.1) is 0 Å². The number of carbonyl (C=O) groups excluding carboxylic acids is 1. The van der Waals surface area contributed by atoms with Crippen LogP contribution in [-0.4, -0.2) is 6.08 Å². The molecule has 4 heteroatoms. The van der Waals surface area contributed by atoms with Crippen molar-refractivity contribution in [1.82, 2.24) is 0 Å². The third-order valence-electron chi connectivity index (χ3n) is 0.728. The van der Waals surface area contributed by atoms with Crippen LogP contribution in [0.5, 0.6) is 0 Å². The third kappa shape index (κ3) is 1.52. The van der Waals surface area contributed by atoms with Gasteiger partial charge in [0.15, 0.2) is 4.67 Å². The lowest BCUT2D eigenvalue weighted by atomic mass is 10.6. The smallest absolute Gasteiger partial charge is 0.240 e. The van der Waals surface area contributed by atoms with Gasteiger partial charge in [-0.05, 0) is 15.9 Å². The van der Waals surface area contributed by atoms with E-state index >= 15 is 0 Å². The fraction of sp³-hybridized carbons (Fsp3) is 0. The summed E-state index contributed by atoms with van der Waals surface area (Å²) in [7, 11) is 0. The van der Waals surface area contributed by atoms with Gasteiger partial charge in [-0.3, -0.25) is 0 Å². The van der Waals surface area contributed by atoms with Gasteiger partial charge < -0.3 is 4.42 Å². The molecule has 1 aromatic heterocycles. The minimum Gasteiger partial charge on any atom is -0.455 e. The predicted octanol–water partition coefficient (Wildman–Crippen LogP) is 2.01. The van der Waals surface area contributed by atoms with Crippen LogP contribution in [0.2, 0.25) is 0 Å². The second kappa shape index (κ2) is 2.62. The molecule has 3 nitrogen and oxygen atoms in total. The average Bonchev–Trinajstić information content (AvgIpc) is 2.17. The van der Waals surface area contributed by atoms with Crippen molar-refractivity contribution in [1.29, 1.82) is 0 Å². The largest absolute Gasteiger partial charge is 0.455 e. The van der Waals surface area contributed by atoms with E-state index in [2.05, 4.69) is 20.9 Å². The summed E-state index contributed by atoms with van der Waals surface area (Å²) in [6, 6.07) is 1.57. The van der Waals surface area contributed by atoms with Crippen LogP contribution in [-0.2, 0) is 4.79 Å². The van der Waals surface area contributed by atoms with E-state index in [0.29, 0.717) is 10.4 Å². The second-order valence-electron chi connectivity index (χ2n) is 1.31. The maximum absolute atomic E-state index is 9.63.